The zero-order valence-corrected chi connectivity index (χ0v) is 12.5. The Morgan fingerprint density at radius 2 is 1.87 bits per heavy atom. The maximum atomic E-state index is 12.2. The van der Waals surface area contributed by atoms with Gasteiger partial charge in [-0.05, 0) is 35.9 Å². The van der Waals surface area contributed by atoms with Crippen molar-refractivity contribution in [3.8, 4) is 11.5 Å². The number of hydrogen-bond acceptors (Lipinski definition) is 5. The Balaban J connectivity index is 1.66. The molecule has 0 atom stereocenters. The Bertz CT molecular complexity index is 756. The first-order valence-electron chi connectivity index (χ1n) is 7.02. The molecule has 1 amide bonds. The third-order valence-electron chi connectivity index (χ3n) is 3.44. The summed E-state index contributed by atoms with van der Waals surface area (Å²) in [6, 6.07) is 11.9. The van der Waals surface area contributed by atoms with E-state index in [0.29, 0.717) is 29.2 Å². The van der Waals surface area contributed by atoms with Crippen molar-refractivity contribution in [1.29, 1.82) is 0 Å². The third-order valence-corrected chi connectivity index (χ3v) is 3.44. The molecule has 0 unspecified atom stereocenters. The maximum absolute atomic E-state index is 12.2. The van der Waals surface area contributed by atoms with Crippen molar-refractivity contribution in [2.75, 3.05) is 13.9 Å². The molecule has 1 N–H and O–H groups in total. The summed E-state index contributed by atoms with van der Waals surface area (Å²) in [4.78, 5) is 23.7. The Labute approximate surface area is 133 Å². The van der Waals surface area contributed by atoms with E-state index in [-0.39, 0.29) is 12.7 Å². The van der Waals surface area contributed by atoms with Gasteiger partial charge < -0.3 is 19.5 Å². The fourth-order valence-corrected chi connectivity index (χ4v) is 2.24. The number of rotatable bonds is 4. The average Bonchev–Trinajstić information content (AvgIpc) is 3.06. The van der Waals surface area contributed by atoms with Crippen LogP contribution in [0.25, 0.3) is 0 Å². The first-order chi connectivity index (χ1) is 11.2. The van der Waals surface area contributed by atoms with E-state index in [1.807, 2.05) is 18.2 Å². The van der Waals surface area contributed by atoms with E-state index >= 15 is 0 Å². The third kappa shape index (κ3) is 3.26. The minimum atomic E-state index is -0.476. The van der Waals surface area contributed by atoms with Crippen LogP contribution >= 0.6 is 0 Å². The second-order valence-electron chi connectivity index (χ2n) is 4.94. The van der Waals surface area contributed by atoms with E-state index in [2.05, 4.69) is 10.1 Å². The van der Waals surface area contributed by atoms with Crippen molar-refractivity contribution in [2.24, 2.45) is 0 Å². The predicted molar refractivity (Wildman–Crippen MR) is 81.5 cm³/mol. The molecule has 0 saturated carbocycles. The molecular weight excluding hydrogens is 298 g/mol. The van der Waals surface area contributed by atoms with E-state index < -0.39 is 5.97 Å². The van der Waals surface area contributed by atoms with Gasteiger partial charge in [-0.3, -0.25) is 4.79 Å². The number of methoxy groups -OCH3 is 1. The summed E-state index contributed by atoms with van der Waals surface area (Å²) in [5, 5.41) is 2.80. The van der Waals surface area contributed by atoms with Gasteiger partial charge in [-0.15, -0.1) is 0 Å². The number of amides is 1. The topological polar surface area (TPSA) is 73.9 Å². The van der Waals surface area contributed by atoms with Crippen LogP contribution in [0.3, 0.4) is 0 Å². The highest BCUT2D eigenvalue weighted by molar-refractivity contribution is 5.97. The van der Waals surface area contributed by atoms with Gasteiger partial charge in [0.15, 0.2) is 11.5 Å². The van der Waals surface area contributed by atoms with Crippen molar-refractivity contribution in [2.45, 2.75) is 6.54 Å². The molecule has 0 saturated heterocycles. The van der Waals surface area contributed by atoms with Crippen LogP contribution in [0.15, 0.2) is 42.5 Å². The number of benzene rings is 2. The van der Waals surface area contributed by atoms with Gasteiger partial charge in [0, 0.05) is 12.1 Å². The molecule has 1 aliphatic rings. The van der Waals surface area contributed by atoms with E-state index in [0.717, 1.165) is 5.56 Å². The van der Waals surface area contributed by atoms with E-state index in [9.17, 15) is 9.59 Å². The Kier molecular flexibility index (Phi) is 4.14. The lowest BCUT2D eigenvalue weighted by molar-refractivity contribution is 0.0600. The van der Waals surface area contributed by atoms with Crippen molar-refractivity contribution in [1.82, 2.24) is 5.32 Å². The van der Waals surface area contributed by atoms with Gasteiger partial charge in [-0.1, -0.05) is 12.1 Å². The second kappa shape index (κ2) is 6.39. The van der Waals surface area contributed by atoms with Crippen molar-refractivity contribution < 1.29 is 23.8 Å². The number of fused-ring (bicyclic) bond motifs is 1. The lowest BCUT2D eigenvalue weighted by Gasteiger charge is -2.07. The summed E-state index contributed by atoms with van der Waals surface area (Å²) in [6.07, 6.45) is 0. The Morgan fingerprint density at radius 3 is 2.70 bits per heavy atom. The number of hydrogen-bond donors (Lipinski definition) is 1. The zero-order valence-electron chi connectivity index (χ0n) is 12.5. The van der Waals surface area contributed by atoms with Crippen LogP contribution < -0.4 is 14.8 Å². The number of carbonyl (C=O) groups excluding carboxylic acids is 2. The lowest BCUT2D eigenvalue weighted by atomic mass is 10.1. The van der Waals surface area contributed by atoms with Crippen LogP contribution in [0.5, 0.6) is 11.5 Å². The molecule has 6 heteroatoms. The van der Waals surface area contributed by atoms with E-state index in [4.69, 9.17) is 9.47 Å². The fourth-order valence-electron chi connectivity index (χ4n) is 2.24. The van der Waals surface area contributed by atoms with Gasteiger partial charge in [0.1, 0.15) is 0 Å². The zero-order chi connectivity index (χ0) is 16.2. The SMILES string of the molecule is COC(=O)c1cccc(C(=O)NCc2ccc3c(c2)OCO3)c1. The standard InChI is InChI=1S/C17H15NO5/c1-21-17(20)13-4-2-3-12(8-13)16(19)18-9-11-5-6-14-15(7-11)23-10-22-14/h2-8H,9-10H2,1H3,(H,18,19). The van der Waals surface area contributed by atoms with Crippen molar-refractivity contribution in [3.63, 3.8) is 0 Å². The van der Waals surface area contributed by atoms with Crippen LogP contribution in [-0.4, -0.2) is 25.8 Å². The molecule has 2 aromatic rings. The van der Waals surface area contributed by atoms with Gasteiger partial charge in [0.2, 0.25) is 6.79 Å². The van der Waals surface area contributed by atoms with Crippen LogP contribution in [-0.2, 0) is 11.3 Å². The highest BCUT2D eigenvalue weighted by Crippen LogP contribution is 2.32. The van der Waals surface area contributed by atoms with Crippen molar-refractivity contribution >= 4 is 11.9 Å². The van der Waals surface area contributed by atoms with Crippen LogP contribution in [0.2, 0.25) is 0 Å². The molecule has 23 heavy (non-hydrogen) atoms. The summed E-state index contributed by atoms with van der Waals surface area (Å²) in [7, 11) is 1.30. The molecule has 118 valence electrons. The van der Waals surface area contributed by atoms with Gasteiger partial charge in [-0.2, -0.15) is 0 Å². The highest BCUT2D eigenvalue weighted by atomic mass is 16.7. The Morgan fingerprint density at radius 1 is 1.09 bits per heavy atom. The predicted octanol–water partition coefficient (Wildman–Crippen LogP) is 2.13. The minimum absolute atomic E-state index is 0.214. The molecule has 1 aliphatic heterocycles. The molecule has 0 spiro atoms. The smallest absolute Gasteiger partial charge is 0.337 e. The summed E-state index contributed by atoms with van der Waals surface area (Å²) in [5.41, 5.74) is 1.63. The van der Waals surface area contributed by atoms with Crippen molar-refractivity contribution in [3.05, 3.63) is 59.2 Å². The number of esters is 1. The largest absolute Gasteiger partial charge is 0.465 e. The van der Waals surface area contributed by atoms with Gasteiger partial charge >= 0.3 is 5.97 Å². The molecule has 6 nitrogen and oxygen atoms in total. The fraction of sp³-hybridized carbons (Fsp3) is 0.176. The molecule has 3 rings (SSSR count). The van der Waals surface area contributed by atoms with E-state index in [1.54, 1.807) is 18.2 Å². The number of nitrogens with one attached hydrogen (secondary N) is 1. The molecular formula is C17H15NO5. The van der Waals surface area contributed by atoms with Gasteiger partial charge in [0.05, 0.1) is 12.7 Å². The quantitative estimate of drug-likeness (QED) is 0.875. The maximum Gasteiger partial charge on any atom is 0.337 e. The van der Waals surface area contributed by atoms with Crippen LogP contribution in [0.4, 0.5) is 0 Å². The first kappa shape index (κ1) is 14.9. The summed E-state index contributed by atoms with van der Waals surface area (Å²) < 4.78 is 15.2. The monoisotopic (exact) mass is 313 g/mol. The molecule has 0 bridgehead atoms. The van der Waals surface area contributed by atoms with Crippen LogP contribution in [0, 0.1) is 0 Å². The minimum Gasteiger partial charge on any atom is -0.465 e. The van der Waals surface area contributed by atoms with Gasteiger partial charge in [0.25, 0.3) is 5.91 Å². The Hall–Kier alpha value is -3.02. The molecule has 0 aliphatic carbocycles. The van der Waals surface area contributed by atoms with E-state index in [1.165, 1.54) is 13.2 Å². The second-order valence-corrected chi connectivity index (χ2v) is 4.94. The lowest BCUT2D eigenvalue weighted by Crippen LogP contribution is -2.23. The normalized spacial score (nSPS) is 11.9. The molecule has 0 radical (unpaired) electrons. The van der Waals surface area contributed by atoms with Crippen LogP contribution in [0.1, 0.15) is 26.3 Å². The summed E-state index contributed by atoms with van der Waals surface area (Å²) >= 11 is 0. The molecule has 0 fully saturated rings. The highest BCUT2D eigenvalue weighted by Gasteiger charge is 2.14. The summed E-state index contributed by atoms with van der Waals surface area (Å²) in [6.45, 7) is 0.559. The molecule has 0 aromatic heterocycles. The molecule has 1 heterocycles. The number of carbonyl (C=O) groups is 2. The summed E-state index contributed by atoms with van der Waals surface area (Å²) in [5.74, 6) is 0.624. The average molecular weight is 313 g/mol. The van der Waals surface area contributed by atoms with Gasteiger partial charge in [-0.25, -0.2) is 4.79 Å². The first-order valence-corrected chi connectivity index (χ1v) is 7.02. The molecule has 2 aromatic carbocycles. The number of ether oxygens (including phenoxy) is 3.